The maximum Gasteiger partial charge on any atom is 0.0986 e. The lowest BCUT2D eigenvalue weighted by Crippen LogP contribution is -1.79. The molecule has 48 valence electrons. The zero-order valence-electron chi connectivity index (χ0n) is 4.94. The standard InChI is InChI=1S/C6H8N2O/c9-5-1-3-8-4-2-7-6-8/h1-4,6,9H,5H2. The number of rotatable bonds is 2. The van der Waals surface area contributed by atoms with Gasteiger partial charge < -0.3 is 9.67 Å². The Hall–Kier alpha value is -1.09. The quantitative estimate of drug-likeness (QED) is 0.617. The smallest absolute Gasteiger partial charge is 0.0986 e. The van der Waals surface area contributed by atoms with Crippen LogP contribution < -0.4 is 0 Å². The number of imidazole rings is 1. The highest BCUT2D eigenvalue weighted by molar-refractivity contribution is 5.20. The first-order chi connectivity index (χ1) is 4.43. The fourth-order valence-corrected chi connectivity index (χ4v) is 0.526. The molecule has 0 bridgehead atoms. The van der Waals surface area contributed by atoms with E-state index in [1.54, 1.807) is 35.6 Å². The lowest BCUT2D eigenvalue weighted by atomic mass is 10.6. The number of aromatic nitrogens is 2. The van der Waals surface area contributed by atoms with Crippen molar-refractivity contribution in [3.63, 3.8) is 0 Å². The summed E-state index contributed by atoms with van der Waals surface area (Å²) in [7, 11) is 0. The van der Waals surface area contributed by atoms with Gasteiger partial charge in [-0.1, -0.05) is 0 Å². The van der Waals surface area contributed by atoms with Gasteiger partial charge >= 0.3 is 0 Å². The minimum Gasteiger partial charge on any atom is -0.392 e. The number of nitrogens with zero attached hydrogens (tertiary/aromatic N) is 2. The number of hydrogen-bond acceptors (Lipinski definition) is 2. The van der Waals surface area contributed by atoms with Crippen molar-refractivity contribution >= 4 is 6.20 Å². The predicted octanol–water partition coefficient (Wildman–Crippen LogP) is 0.346. The molecule has 0 aliphatic carbocycles. The normalized spacial score (nSPS) is 10.8. The summed E-state index contributed by atoms with van der Waals surface area (Å²) in [6, 6.07) is 0. The monoisotopic (exact) mass is 124 g/mol. The van der Waals surface area contributed by atoms with E-state index in [4.69, 9.17) is 5.11 Å². The molecule has 0 aliphatic rings. The molecule has 0 aromatic carbocycles. The zero-order chi connectivity index (χ0) is 6.53. The fourth-order valence-electron chi connectivity index (χ4n) is 0.526. The van der Waals surface area contributed by atoms with Crippen LogP contribution in [0, 0.1) is 0 Å². The van der Waals surface area contributed by atoms with Crippen molar-refractivity contribution in [1.29, 1.82) is 0 Å². The third-order valence-electron chi connectivity index (χ3n) is 0.908. The van der Waals surface area contributed by atoms with Crippen LogP contribution in [0.25, 0.3) is 6.20 Å². The van der Waals surface area contributed by atoms with Gasteiger partial charge in [0.15, 0.2) is 0 Å². The molecule has 3 heteroatoms. The van der Waals surface area contributed by atoms with Crippen LogP contribution in [0.1, 0.15) is 0 Å². The second-order valence-corrected chi connectivity index (χ2v) is 1.58. The minimum atomic E-state index is 0.0676. The van der Waals surface area contributed by atoms with Gasteiger partial charge in [0, 0.05) is 18.6 Å². The molecule has 0 saturated heterocycles. The van der Waals surface area contributed by atoms with Crippen molar-refractivity contribution in [1.82, 2.24) is 9.55 Å². The summed E-state index contributed by atoms with van der Waals surface area (Å²) in [5.41, 5.74) is 0. The number of aliphatic hydroxyl groups excluding tert-OH is 1. The summed E-state index contributed by atoms with van der Waals surface area (Å²) in [4.78, 5) is 3.81. The molecule has 0 unspecified atom stereocenters. The highest BCUT2D eigenvalue weighted by atomic mass is 16.2. The summed E-state index contributed by atoms with van der Waals surface area (Å²) >= 11 is 0. The Morgan fingerprint density at radius 3 is 3.11 bits per heavy atom. The third kappa shape index (κ3) is 1.70. The molecule has 0 spiro atoms. The Balaban J connectivity index is 2.57. The first kappa shape index (κ1) is 6.04. The average Bonchev–Trinajstić information content (AvgIpc) is 2.34. The molecular formula is C6H8N2O. The second-order valence-electron chi connectivity index (χ2n) is 1.58. The van der Waals surface area contributed by atoms with Gasteiger partial charge in [0.25, 0.3) is 0 Å². The molecule has 1 N–H and O–H groups in total. The Morgan fingerprint density at radius 2 is 2.56 bits per heavy atom. The Morgan fingerprint density at radius 1 is 1.67 bits per heavy atom. The van der Waals surface area contributed by atoms with Crippen LogP contribution in [0.15, 0.2) is 24.8 Å². The Bertz CT molecular complexity index is 179. The highest BCUT2D eigenvalue weighted by Gasteiger charge is 1.76. The molecule has 1 aromatic rings. The van der Waals surface area contributed by atoms with E-state index in [-0.39, 0.29) is 6.61 Å². The van der Waals surface area contributed by atoms with Crippen LogP contribution in [0.4, 0.5) is 0 Å². The van der Waals surface area contributed by atoms with E-state index in [2.05, 4.69) is 4.98 Å². The van der Waals surface area contributed by atoms with E-state index in [1.165, 1.54) is 0 Å². The summed E-state index contributed by atoms with van der Waals surface area (Å²) in [6.07, 6.45) is 8.52. The molecular weight excluding hydrogens is 116 g/mol. The molecule has 0 atom stereocenters. The molecule has 0 amide bonds. The third-order valence-corrected chi connectivity index (χ3v) is 0.908. The van der Waals surface area contributed by atoms with Crippen molar-refractivity contribution in [2.45, 2.75) is 0 Å². The molecule has 9 heavy (non-hydrogen) atoms. The van der Waals surface area contributed by atoms with Gasteiger partial charge in [-0.3, -0.25) is 0 Å². The topological polar surface area (TPSA) is 38.0 Å². The lowest BCUT2D eigenvalue weighted by molar-refractivity contribution is 0.343. The van der Waals surface area contributed by atoms with Crippen LogP contribution in [0.3, 0.4) is 0 Å². The van der Waals surface area contributed by atoms with Gasteiger partial charge in [0.2, 0.25) is 0 Å². The maximum absolute atomic E-state index is 8.34. The van der Waals surface area contributed by atoms with Gasteiger partial charge in [0.1, 0.15) is 0 Å². The van der Waals surface area contributed by atoms with Crippen molar-refractivity contribution < 1.29 is 5.11 Å². The largest absolute Gasteiger partial charge is 0.392 e. The van der Waals surface area contributed by atoms with Crippen LogP contribution in [0.5, 0.6) is 0 Å². The van der Waals surface area contributed by atoms with Crippen LogP contribution in [-0.2, 0) is 0 Å². The molecule has 0 radical (unpaired) electrons. The van der Waals surface area contributed by atoms with E-state index < -0.39 is 0 Å². The predicted molar refractivity (Wildman–Crippen MR) is 34.6 cm³/mol. The molecule has 1 heterocycles. The van der Waals surface area contributed by atoms with Gasteiger partial charge in [-0.15, -0.1) is 0 Å². The van der Waals surface area contributed by atoms with E-state index in [1.807, 2.05) is 0 Å². The van der Waals surface area contributed by atoms with E-state index >= 15 is 0 Å². The fraction of sp³-hybridized carbons (Fsp3) is 0.167. The van der Waals surface area contributed by atoms with Crippen molar-refractivity contribution in [3.8, 4) is 0 Å². The van der Waals surface area contributed by atoms with Crippen molar-refractivity contribution in [2.75, 3.05) is 6.61 Å². The maximum atomic E-state index is 8.34. The second kappa shape index (κ2) is 3.04. The summed E-state index contributed by atoms with van der Waals surface area (Å²) in [6.45, 7) is 0.0676. The summed E-state index contributed by atoms with van der Waals surface area (Å²) in [5.74, 6) is 0. The molecule has 0 aliphatic heterocycles. The first-order valence-corrected chi connectivity index (χ1v) is 2.68. The summed E-state index contributed by atoms with van der Waals surface area (Å²) < 4.78 is 1.76. The van der Waals surface area contributed by atoms with Crippen molar-refractivity contribution in [3.05, 3.63) is 24.8 Å². The van der Waals surface area contributed by atoms with Gasteiger partial charge in [-0.05, 0) is 6.08 Å². The first-order valence-electron chi connectivity index (χ1n) is 2.68. The SMILES string of the molecule is OCC=Cn1ccnc1. The zero-order valence-corrected chi connectivity index (χ0v) is 4.94. The van der Waals surface area contributed by atoms with Crippen molar-refractivity contribution in [2.24, 2.45) is 0 Å². The van der Waals surface area contributed by atoms with E-state index in [9.17, 15) is 0 Å². The molecule has 0 saturated carbocycles. The average molecular weight is 124 g/mol. The molecule has 3 nitrogen and oxygen atoms in total. The molecule has 0 fully saturated rings. The number of aliphatic hydroxyl groups is 1. The Labute approximate surface area is 53.3 Å². The van der Waals surface area contributed by atoms with Gasteiger partial charge in [-0.25, -0.2) is 4.98 Å². The Kier molecular flexibility index (Phi) is 2.04. The van der Waals surface area contributed by atoms with E-state index in [0.29, 0.717) is 0 Å². The van der Waals surface area contributed by atoms with E-state index in [0.717, 1.165) is 0 Å². The van der Waals surface area contributed by atoms with Gasteiger partial charge in [-0.2, -0.15) is 0 Å². The number of hydrogen-bond donors (Lipinski definition) is 1. The van der Waals surface area contributed by atoms with Crippen LogP contribution in [-0.4, -0.2) is 21.3 Å². The molecule has 1 aromatic heterocycles. The molecule has 1 rings (SSSR count). The van der Waals surface area contributed by atoms with Crippen LogP contribution in [0.2, 0.25) is 0 Å². The minimum absolute atomic E-state index is 0.0676. The highest BCUT2D eigenvalue weighted by Crippen LogP contribution is 1.84. The van der Waals surface area contributed by atoms with Gasteiger partial charge in [0.05, 0.1) is 12.9 Å². The lowest BCUT2D eigenvalue weighted by Gasteiger charge is -1.85. The van der Waals surface area contributed by atoms with Crippen LogP contribution >= 0.6 is 0 Å². The summed E-state index contributed by atoms with van der Waals surface area (Å²) in [5, 5.41) is 8.34.